The number of ether oxygens (including phenoxy) is 2. The molecule has 1 aromatic heterocycles. The third-order valence-corrected chi connectivity index (χ3v) is 5.02. The van der Waals surface area contributed by atoms with Gasteiger partial charge in [-0.25, -0.2) is 0 Å². The Balaban J connectivity index is 2.13. The minimum absolute atomic E-state index is 0.234. The number of thiazole rings is 1. The summed E-state index contributed by atoms with van der Waals surface area (Å²) >= 11 is 1.47. The van der Waals surface area contributed by atoms with Gasteiger partial charge in [0.1, 0.15) is 5.75 Å². The van der Waals surface area contributed by atoms with Crippen LogP contribution in [0, 0.1) is 6.92 Å². The predicted molar refractivity (Wildman–Crippen MR) is 99.3 cm³/mol. The van der Waals surface area contributed by atoms with Crippen LogP contribution >= 0.6 is 11.3 Å². The molecule has 2 aromatic carbocycles. The van der Waals surface area contributed by atoms with Crippen molar-refractivity contribution in [3.8, 4) is 5.75 Å². The lowest BCUT2D eigenvalue weighted by molar-refractivity contribution is 0.0996. The second-order valence-corrected chi connectivity index (χ2v) is 6.60. The van der Waals surface area contributed by atoms with Crippen LogP contribution < -0.4 is 9.54 Å². The van der Waals surface area contributed by atoms with Gasteiger partial charge in [-0.15, -0.1) is 0 Å². The number of nitrogens with zero attached hydrogens (tertiary/aromatic N) is 2. The number of aromatic nitrogens is 1. The van der Waals surface area contributed by atoms with Crippen LogP contribution in [0.25, 0.3) is 10.2 Å². The normalized spacial score (nSPS) is 11.9. The quantitative estimate of drug-likeness (QED) is 0.704. The van der Waals surface area contributed by atoms with Gasteiger partial charge in [-0.1, -0.05) is 29.5 Å². The molecule has 1 heterocycles. The van der Waals surface area contributed by atoms with Crippen molar-refractivity contribution in [1.29, 1.82) is 0 Å². The van der Waals surface area contributed by atoms with Crippen LogP contribution in [0.4, 0.5) is 0 Å². The Morgan fingerprint density at radius 3 is 2.72 bits per heavy atom. The van der Waals surface area contributed by atoms with E-state index in [1.807, 2.05) is 47.9 Å². The lowest BCUT2D eigenvalue weighted by Gasteiger charge is -2.05. The first kappa shape index (κ1) is 17.4. The highest BCUT2D eigenvalue weighted by atomic mass is 32.1. The van der Waals surface area contributed by atoms with E-state index in [9.17, 15) is 4.79 Å². The van der Waals surface area contributed by atoms with Crippen LogP contribution in [0.3, 0.4) is 0 Å². The molecular weight excluding hydrogens is 336 g/mol. The number of benzene rings is 2. The zero-order valence-electron chi connectivity index (χ0n) is 14.5. The molecule has 0 bridgehead atoms. The molecule has 0 fully saturated rings. The Bertz CT molecular complexity index is 972. The van der Waals surface area contributed by atoms with Crippen molar-refractivity contribution in [2.45, 2.75) is 13.5 Å². The van der Waals surface area contributed by atoms with Gasteiger partial charge in [-0.2, -0.15) is 4.99 Å². The summed E-state index contributed by atoms with van der Waals surface area (Å²) in [5.74, 6) is 0.548. The molecule has 6 heteroatoms. The van der Waals surface area contributed by atoms with Gasteiger partial charge < -0.3 is 14.0 Å². The number of rotatable bonds is 5. The number of fused-ring (bicyclic) bond motifs is 1. The average molecular weight is 356 g/mol. The molecule has 0 spiro atoms. The number of hydrogen-bond donors (Lipinski definition) is 0. The SMILES string of the molecule is COCCn1c(=NC(=O)c2ccccc2C)sc2cc(OC)ccc21. The van der Waals surface area contributed by atoms with Crippen molar-refractivity contribution < 1.29 is 14.3 Å². The summed E-state index contributed by atoms with van der Waals surface area (Å²) in [5, 5.41) is 0. The second kappa shape index (κ2) is 7.63. The van der Waals surface area contributed by atoms with E-state index in [-0.39, 0.29) is 5.91 Å². The third-order valence-electron chi connectivity index (χ3n) is 3.98. The maximum atomic E-state index is 12.6. The Hall–Kier alpha value is -2.44. The molecule has 0 aliphatic rings. The van der Waals surface area contributed by atoms with E-state index in [4.69, 9.17) is 9.47 Å². The monoisotopic (exact) mass is 356 g/mol. The fraction of sp³-hybridized carbons (Fsp3) is 0.263. The summed E-state index contributed by atoms with van der Waals surface area (Å²) in [6.07, 6.45) is 0. The number of amides is 1. The highest BCUT2D eigenvalue weighted by Crippen LogP contribution is 2.23. The fourth-order valence-electron chi connectivity index (χ4n) is 2.62. The number of aryl methyl sites for hydroxylation is 1. The van der Waals surface area contributed by atoms with Gasteiger partial charge in [0.2, 0.25) is 0 Å². The minimum Gasteiger partial charge on any atom is -0.497 e. The van der Waals surface area contributed by atoms with Gasteiger partial charge in [0, 0.05) is 19.2 Å². The number of carbonyl (C=O) groups is 1. The van der Waals surface area contributed by atoms with Gasteiger partial charge in [0.25, 0.3) is 5.91 Å². The molecule has 130 valence electrons. The lowest BCUT2D eigenvalue weighted by atomic mass is 10.1. The molecule has 0 N–H and O–H groups in total. The first-order valence-corrected chi connectivity index (χ1v) is 8.76. The molecule has 0 saturated heterocycles. The van der Waals surface area contributed by atoms with E-state index in [0.717, 1.165) is 21.5 Å². The first-order chi connectivity index (χ1) is 12.1. The summed E-state index contributed by atoms with van der Waals surface area (Å²) in [6, 6.07) is 13.3. The maximum Gasteiger partial charge on any atom is 0.279 e. The topological polar surface area (TPSA) is 52.8 Å². The highest BCUT2D eigenvalue weighted by Gasteiger charge is 2.11. The van der Waals surface area contributed by atoms with E-state index in [0.29, 0.717) is 23.5 Å². The van der Waals surface area contributed by atoms with Crippen LogP contribution in [-0.4, -0.2) is 31.3 Å². The third kappa shape index (κ3) is 3.65. The van der Waals surface area contributed by atoms with Crippen LogP contribution in [0.1, 0.15) is 15.9 Å². The molecule has 3 aromatic rings. The van der Waals surface area contributed by atoms with Crippen molar-refractivity contribution in [2.24, 2.45) is 4.99 Å². The molecule has 5 nitrogen and oxygen atoms in total. The Labute approximate surface area is 150 Å². The van der Waals surface area contributed by atoms with Crippen molar-refractivity contribution in [3.63, 3.8) is 0 Å². The molecule has 0 unspecified atom stereocenters. The predicted octanol–water partition coefficient (Wildman–Crippen LogP) is 3.41. The summed E-state index contributed by atoms with van der Waals surface area (Å²) < 4.78 is 13.5. The smallest absolute Gasteiger partial charge is 0.279 e. The second-order valence-electron chi connectivity index (χ2n) is 5.59. The van der Waals surface area contributed by atoms with Gasteiger partial charge in [-0.3, -0.25) is 4.79 Å². The largest absolute Gasteiger partial charge is 0.497 e. The van der Waals surface area contributed by atoms with Crippen LogP contribution in [-0.2, 0) is 11.3 Å². The van der Waals surface area contributed by atoms with Gasteiger partial charge in [0.15, 0.2) is 4.80 Å². The molecule has 0 aliphatic heterocycles. The van der Waals surface area contributed by atoms with E-state index in [2.05, 4.69) is 4.99 Å². The summed E-state index contributed by atoms with van der Waals surface area (Å²) in [6.45, 7) is 3.09. The Morgan fingerprint density at radius 1 is 1.20 bits per heavy atom. The van der Waals surface area contributed by atoms with Gasteiger partial charge >= 0.3 is 0 Å². The van der Waals surface area contributed by atoms with Crippen LogP contribution in [0.2, 0.25) is 0 Å². The lowest BCUT2D eigenvalue weighted by Crippen LogP contribution is -2.19. The van der Waals surface area contributed by atoms with E-state index >= 15 is 0 Å². The zero-order chi connectivity index (χ0) is 17.8. The average Bonchev–Trinajstić information content (AvgIpc) is 2.96. The van der Waals surface area contributed by atoms with Crippen molar-refractivity contribution in [1.82, 2.24) is 4.57 Å². The Kier molecular flexibility index (Phi) is 5.31. The first-order valence-electron chi connectivity index (χ1n) is 7.95. The van der Waals surface area contributed by atoms with E-state index in [1.54, 1.807) is 20.3 Å². The molecule has 3 rings (SSSR count). The molecule has 0 atom stereocenters. The summed E-state index contributed by atoms with van der Waals surface area (Å²) in [7, 11) is 3.30. The molecule has 1 amide bonds. The van der Waals surface area contributed by atoms with Crippen LogP contribution in [0.5, 0.6) is 5.75 Å². The molecule has 0 saturated carbocycles. The fourth-order valence-corrected chi connectivity index (χ4v) is 3.71. The highest BCUT2D eigenvalue weighted by molar-refractivity contribution is 7.16. The molecular formula is C19H20N2O3S. The number of hydrogen-bond acceptors (Lipinski definition) is 4. The molecule has 0 aliphatic carbocycles. The number of carbonyl (C=O) groups excluding carboxylic acids is 1. The minimum atomic E-state index is -0.234. The Morgan fingerprint density at radius 2 is 2.00 bits per heavy atom. The standard InChI is InChI=1S/C19H20N2O3S/c1-13-6-4-5-7-15(13)18(22)20-19-21(10-11-23-2)16-9-8-14(24-3)12-17(16)25-19/h4-9,12H,10-11H2,1-3H3. The molecule has 0 radical (unpaired) electrons. The summed E-state index contributed by atoms with van der Waals surface area (Å²) in [5.41, 5.74) is 2.55. The summed E-state index contributed by atoms with van der Waals surface area (Å²) in [4.78, 5) is 17.7. The van der Waals surface area contributed by atoms with Crippen LogP contribution in [0.15, 0.2) is 47.5 Å². The van der Waals surface area contributed by atoms with E-state index in [1.165, 1.54) is 11.3 Å². The maximum absolute atomic E-state index is 12.6. The molecule has 25 heavy (non-hydrogen) atoms. The van der Waals surface area contributed by atoms with Gasteiger partial charge in [0.05, 0.1) is 23.9 Å². The number of methoxy groups -OCH3 is 2. The van der Waals surface area contributed by atoms with Gasteiger partial charge in [-0.05, 0) is 36.8 Å². The zero-order valence-corrected chi connectivity index (χ0v) is 15.3. The van der Waals surface area contributed by atoms with Crippen molar-refractivity contribution >= 4 is 27.5 Å². The van der Waals surface area contributed by atoms with Crippen molar-refractivity contribution in [3.05, 3.63) is 58.4 Å². The van der Waals surface area contributed by atoms with Crippen molar-refractivity contribution in [2.75, 3.05) is 20.8 Å². The van der Waals surface area contributed by atoms with E-state index < -0.39 is 0 Å².